The van der Waals surface area contributed by atoms with Crippen molar-refractivity contribution in [3.8, 4) is 0 Å². The van der Waals surface area contributed by atoms with Gasteiger partial charge >= 0.3 is 5.97 Å². The van der Waals surface area contributed by atoms with E-state index in [4.69, 9.17) is 14.2 Å². The highest BCUT2D eigenvalue weighted by molar-refractivity contribution is 5.87. The molecule has 1 fully saturated rings. The number of rotatable bonds is 5. The summed E-state index contributed by atoms with van der Waals surface area (Å²) in [6.07, 6.45) is -7.83. The van der Waals surface area contributed by atoms with Crippen molar-refractivity contribution in [1.29, 1.82) is 0 Å². The summed E-state index contributed by atoms with van der Waals surface area (Å²) in [4.78, 5) is 11.4. The summed E-state index contributed by atoms with van der Waals surface area (Å²) in [5, 5.41) is 68.0. The van der Waals surface area contributed by atoms with E-state index in [1.54, 1.807) is 0 Å². The first-order valence-electron chi connectivity index (χ1n) is 8.34. The number of carboxylic acid groups (broad SMARTS) is 1. The third-order valence-electron chi connectivity index (χ3n) is 5.10. The quantitative estimate of drug-likeness (QED) is 0.233. The van der Waals surface area contributed by atoms with Crippen LogP contribution in [0.5, 0.6) is 0 Å². The maximum Gasteiger partial charge on any atom is 0.335 e. The van der Waals surface area contributed by atoms with Crippen molar-refractivity contribution in [2.24, 2.45) is 11.8 Å². The highest BCUT2D eigenvalue weighted by Crippen LogP contribution is 2.44. The molecule has 1 saturated heterocycles. The first-order valence-corrected chi connectivity index (χ1v) is 8.34. The van der Waals surface area contributed by atoms with Crippen LogP contribution in [0.3, 0.4) is 0 Å². The van der Waals surface area contributed by atoms with Crippen molar-refractivity contribution >= 4 is 5.97 Å². The van der Waals surface area contributed by atoms with E-state index < -0.39 is 74.1 Å². The van der Waals surface area contributed by atoms with Gasteiger partial charge in [-0.05, 0) is 5.57 Å². The van der Waals surface area contributed by atoms with Crippen LogP contribution in [0, 0.1) is 11.8 Å². The van der Waals surface area contributed by atoms with E-state index in [1.807, 2.05) is 0 Å². The zero-order chi connectivity index (χ0) is 19.9. The standard InChI is InChI=1S/C16H22O11/c17-2-5-1-7(19)10-6(14(23)24)4-25-15(9(5)10)27-16-13(22)12(21)11(20)8(3-18)26-16/h1,4,7-13,15-22H,2-3H2,(H,23,24)/t7-,8-,9+,10-,11-,12+,13-,15-,16+/m0/s1. The van der Waals surface area contributed by atoms with Gasteiger partial charge in [-0.15, -0.1) is 0 Å². The number of ether oxygens (including phenoxy) is 3. The number of carbonyl (C=O) groups is 1. The smallest absolute Gasteiger partial charge is 0.335 e. The van der Waals surface area contributed by atoms with E-state index in [2.05, 4.69) is 0 Å². The van der Waals surface area contributed by atoms with Crippen molar-refractivity contribution in [2.45, 2.75) is 43.1 Å². The van der Waals surface area contributed by atoms with Gasteiger partial charge in [0.25, 0.3) is 0 Å². The number of hydrogen-bond acceptors (Lipinski definition) is 10. The van der Waals surface area contributed by atoms with Gasteiger partial charge in [0.15, 0.2) is 6.29 Å². The number of aliphatic hydroxyl groups is 6. The Labute approximate surface area is 153 Å². The summed E-state index contributed by atoms with van der Waals surface area (Å²) < 4.78 is 16.1. The zero-order valence-electron chi connectivity index (χ0n) is 14.0. The molecule has 0 radical (unpaired) electrons. The van der Waals surface area contributed by atoms with E-state index in [0.717, 1.165) is 6.26 Å². The van der Waals surface area contributed by atoms with Crippen LogP contribution in [-0.4, -0.2) is 98.0 Å². The van der Waals surface area contributed by atoms with E-state index >= 15 is 0 Å². The Hall–Kier alpha value is -1.57. The Balaban J connectivity index is 1.84. The summed E-state index contributed by atoms with van der Waals surface area (Å²) in [5.41, 5.74) is 0.0785. The van der Waals surface area contributed by atoms with Crippen LogP contribution in [-0.2, 0) is 19.0 Å². The Morgan fingerprint density at radius 2 is 1.74 bits per heavy atom. The van der Waals surface area contributed by atoms with E-state index in [1.165, 1.54) is 6.08 Å². The van der Waals surface area contributed by atoms with Crippen LogP contribution in [0.25, 0.3) is 0 Å². The number of aliphatic carboxylic acids is 1. The molecule has 2 aliphatic heterocycles. The molecule has 0 spiro atoms. The molecule has 2 heterocycles. The average Bonchev–Trinajstić information content (AvgIpc) is 2.99. The van der Waals surface area contributed by atoms with Crippen LogP contribution >= 0.6 is 0 Å². The fraction of sp³-hybridized carbons (Fsp3) is 0.688. The molecule has 0 saturated carbocycles. The van der Waals surface area contributed by atoms with Gasteiger partial charge in [-0.2, -0.15) is 0 Å². The van der Waals surface area contributed by atoms with Crippen molar-refractivity contribution in [3.05, 3.63) is 23.5 Å². The summed E-state index contributed by atoms with van der Waals surface area (Å²) >= 11 is 0. The average molecular weight is 390 g/mol. The lowest BCUT2D eigenvalue weighted by molar-refractivity contribution is -0.340. The molecule has 0 aromatic heterocycles. The second-order valence-electron chi connectivity index (χ2n) is 6.66. The first kappa shape index (κ1) is 20.2. The van der Waals surface area contributed by atoms with Crippen LogP contribution in [0.15, 0.2) is 23.5 Å². The van der Waals surface area contributed by atoms with Gasteiger partial charge in [-0.1, -0.05) is 6.08 Å². The molecule has 152 valence electrons. The molecule has 7 N–H and O–H groups in total. The summed E-state index contributed by atoms with van der Waals surface area (Å²) in [6.45, 7) is -1.13. The van der Waals surface area contributed by atoms with Crippen LogP contribution in [0.2, 0.25) is 0 Å². The Bertz CT molecular complexity index is 630. The highest BCUT2D eigenvalue weighted by Gasteiger charge is 2.51. The topological polar surface area (TPSA) is 186 Å². The van der Waals surface area contributed by atoms with Gasteiger partial charge in [0, 0.05) is 5.92 Å². The molecule has 0 aromatic rings. The van der Waals surface area contributed by atoms with Crippen LogP contribution < -0.4 is 0 Å². The minimum atomic E-state index is -1.68. The molecule has 9 atom stereocenters. The van der Waals surface area contributed by atoms with Crippen molar-refractivity contribution in [2.75, 3.05) is 13.2 Å². The molecular weight excluding hydrogens is 368 g/mol. The normalized spacial score (nSPS) is 44.1. The molecule has 1 aliphatic carbocycles. The predicted molar refractivity (Wildman–Crippen MR) is 83.6 cm³/mol. The summed E-state index contributed by atoms with van der Waals surface area (Å²) in [5.74, 6) is -3.13. The number of aliphatic hydroxyl groups excluding tert-OH is 6. The minimum absolute atomic E-state index is 0.208. The van der Waals surface area contributed by atoms with E-state index in [-0.39, 0.29) is 11.1 Å². The largest absolute Gasteiger partial charge is 0.478 e. The highest BCUT2D eigenvalue weighted by atomic mass is 16.8. The van der Waals surface area contributed by atoms with E-state index in [9.17, 15) is 40.5 Å². The van der Waals surface area contributed by atoms with Gasteiger partial charge in [0.1, 0.15) is 24.4 Å². The fourth-order valence-electron chi connectivity index (χ4n) is 3.68. The molecule has 0 unspecified atom stereocenters. The van der Waals surface area contributed by atoms with Gasteiger partial charge in [0.2, 0.25) is 6.29 Å². The van der Waals surface area contributed by atoms with Gasteiger partial charge in [-0.25, -0.2) is 4.79 Å². The SMILES string of the molecule is O=C(O)C1=CO[C@@H](O[C@H]2O[C@@H](CO)[C@H](O)[C@@H](O)[C@@H]2O)[C@@H]2C(CO)=C[C@H](O)[C@H]12. The van der Waals surface area contributed by atoms with Gasteiger partial charge in [0.05, 0.1) is 37.1 Å². The van der Waals surface area contributed by atoms with Crippen molar-refractivity contribution in [3.63, 3.8) is 0 Å². The maximum atomic E-state index is 11.4. The van der Waals surface area contributed by atoms with Gasteiger partial charge in [-0.3, -0.25) is 0 Å². The van der Waals surface area contributed by atoms with Crippen LogP contribution in [0.1, 0.15) is 0 Å². The third-order valence-corrected chi connectivity index (χ3v) is 5.10. The summed E-state index contributed by atoms with van der Waals surface area (Å²) in [6, 6.07) is 0. The molecular formula is C16H22O11. The molecule has 11 nitrogen and oxygen atoms in total. The number of carboxylic acids is 1. The molecule has 3 aliphatic rings. The predicted octanol–water partition coefficient (Wildman–Crippen LogP) is -3.35. The fourth-order valence-corrected chi connectivity index (χ4v) is 3.68. The lowest BCUT2D eigenvalue weighted by Crippen LogP contribution is -2.60. The van der Waals surface area contributed by atoms with Gasteiger partial charge < -0.3 is 50.0 Å². The zero-order valence-corrected chi connectivity index (χ0v) is 14.0. The minimum Gasteiger partial charge on any atom is -0.478 e. The summed E-state index contributed by atoms with van der Waals surface area (Å²) in [7, 11) is 0. The molecule has 3 rings (SSSR count). The monoisotopic (exact) mass is 390 g/mol. The Morgan fingerprint density at radius 3 is 2.33 bits per heavy atom. The first-order chi connectivity index (χ1) is 12.8. The molecule has 0 bridgehead atoms. The lowest BCUT2D eigenvalue weighted by Gasteiger charge is -2.43. The third kappa shape index (κ3) is 3.48. The number of hydrogen-bond donors (Lipinski definition) is 7. The lowest BCUT2D eigenvalue weighted by atomic mass is 9.82. The number of fused-ring (bicyclic) bond motifs is 1. The van der Waals surface area contributed by atoms with E-state index in [0.29, 0.717) is 0 Å². The second-order valence-corrected chi connectivity index (χ2v) is 6.66. The second kappa shape index (κ2) is 7.81. The van der Waals surface area contributed by atoms with Crippen LogP contribution in [0.4, 0.5) is 0 Å². The Kier molecular flexibility index (Phi) is 5.84. The van der Waals surface area contributed by atoms with Crippen molar-refractivity contribution in [1.82, 2.24) is 0 Å². The Morgan fingerprint density at radius 1 is 1.04 bits per heavy atom. The molecule has 0 amide bonds. The maximum absolute atomic E-state index is 11.4. The molecule has 0 aromatic carbocycles. The van der Waals surface area contributed by atoms with Crippen molar-refractivity contribution < 1.29 is 54.8 Å². The molecule has 11 heteroatoms. The molecule has 27 heavy (non-hydrogen) atoms.